The molecular formula is C6H11NO3. The largest absolute Gasteiger partial charge is 0.345 e. The standard InChI is InChI=1S/C6H11NO3/c8-6(9,10)7-2-4-1-5(4)3-7/h4-5,8-10H,1-3H2. The van der Waals surface area contributed by atoms with Crippen molar-refractivity contribution in [2.45, 2.75) is 12.5 Å². The lowest BCUT2D eigenvalue weighted by molar-refractivity contribution is -0.390. The molecule has 2 rings (SSSR count). The summed E-state index contributed by atoms with van der Waals surface area (Å²) < 4.78 is 0. The number of piperidine rings is 1. The topological polar surface area (TPSA) is 63.9 Å². The van der Waals surface area contributed by atoms with Gasteiger partial charge in [0.25, 0.3) is 0 Å². The van der Waals surface area contributed by atoms with E-state index in [0.717, 1.165) is 0 Å². The van der Waals surface area contributed by atoms with Crippen molar-refractivity contribution in [1.29, 1.82) is 0 Å². The first-order valence-corrected chi connectivity index (χ1v) is 3.49. The van der Waals surface area contributed by atoms with E-state index in [0.29, 0.717) is 24.9 Å². The van der Waals surface area contributed by atoms with Crippen LogP contribution < -0.4 is 0 Å². The molecule has 1 saturated carbocycles. The molecule has 0 amide bonds. The van der Waals surface area contributed by atoms with Crippen LogP contribution in [-0.2, 0) is 0 Å². The van der Waals surface area contributed by atoms with Gasteiger partial charge in [0.2, 0.25) is 0 Å². The summed E-state index contributed by atoms with van der Waals surface area (Å²) in [6, 6.07) is 0. The fourth-order valence-electron chi connectivity index (χ4n) is 1.64. The van der Waals surface area contributed by atoms with Crippen LogP contribution in [0.5, 0.6) is 0 Å². The molecule has 10 heavy (non-hydrogen) atoms. The maximum Gasteiger partial charge on any atom is 0.345 e. The summed E-state index contributed by atoms with van der Waals surface area (Å²) in [5.74, 6) is 1.21. The van der Waals surface area contributed by atoms with E-state index >= 15 is 0 Å². The summed E-state index contributed by atoms with van der Waals surface area (Å²) in [7, 11) is 0. The van der Waals surface area contributed by atoms with Gasteiger partial charge in [-0.1, -0.05) is 0 Å². The quantitative estimate of drug-likeness (QED) is 0.394. The van der Waals surface area contributed by atoms with E-state index in [1.807, 2.05) is 0 Å². The van der Waals surface area contributed by atoms with Gasteiger partial charge in [0.1, 0.15) is 0 Å². The van der Waals surface area contributed by atoms with Crippen molar-refractivity contribution in [2.75, 3.05) is 13.1 Å². The number of hydrogen-bond acceptors (Lipinski definition) is 4. The Morgan fingerprint density at radius 3 is 1.90 bits per heavy atom. The van der Waals surface area contributed by atoms with Gasteiger partial charge in [-0.15, -0.1) is 0 Å². The van der Waals surface area contributed by atoms with Crippen molar-refractivity contribution in [3.8, 4) is 0 Å². The van der Waals surface area contributed by atoms with Crippen LogP contribution in [0.2, 0.25) is 0 Å². The molecule has 4 heteroatoms. The molecular weight excluding hydrogens is 134 g/mol. The van der Waals surface area contributed by atoms with Gasteiger partial charge in [0.05, 0.1) is 0 Å². The van der Waals surface area contributed by atoms with Crippen LogP contribution in [0.1, 0.15) is 6.42 Å². The first-order chi connectivity index (χ1) is 4.57. The number of rotatable bonds is 1. The summed E-state index contributed by atoms with van der Waals surface area (Å²) in [5.41, 5.74) is 0. The van der Waals surface area contributed by atoms with Crippen LogP contribution in [0.4, 0.5) is 0 Å². The Labute approximate surface area is 58.7 Å². The maximum absolute atomic E-state index is 8.69. The van der Waals surface area contributed by atoms with Crippen molar-refractivity contribution in [3.63, 3.8) is 0 Å². The Kier molecular flexibility index (Phi) is 1.12. The molecule has 0 aromatic heterocycles. The molecule has 1 aliphatic heterocycles. The van der Waals surface area contributed by atoms with E-state index < -0.39 is 6.10 Å². The lowest BCUT2D eigenvalue weighted by Gasteiger charge is -2.26. The zero-order chi connectivity index (χ0) is 7.35. The minimum absolute atomic E-state index is 0.603. The highest BCUT2D eigenvalue weighted by Crippen LogP contribution is 2.45. The van der Waals surface area contributed by atoms with Crippen LogP contribution in [0.3, 0.4) is 0 Å². The average molecular weight is 145 g/mol. The van der Waals surface area contributed by atoms with E-state index in [2.05, 4.69) is 0 Å². The van der Waals surface area contributed by atoms with Gasteiger partial charge in [0, 0.05) is 13.1 Å². The van der Waals surface area contributed by atoms with Crippen LogP contribution in [0.15, 0.2) is 0 Å². The number of hydrogen-bond donors (Lipinski definition) is 3. The maximum atomic E-state index is 8.69. The predicted octanol–water partition coefficient (Wildman–Crippen LogP) is -1.47. The van der Waals surface area contributed by atoms with E-state index in [9.17, 15) is 0 Å². The molecule has 0 bridgehead atoms. The third-order valence-electron chi connectivity index (χ3n) is 2.40. The fraction of sp³-hybridized carbons (Fsp3) is 1.00. The molecule has 2 fully saturated rings. The molecule has 2 unspecified atom stereocenters. The predicted molar refractivity (Wildman–Crippen MR) is 32.6 cm³/mol. The second-order valence-corrected chi connectivity index (χ2v) is 3.26. The smallest absolute Gasteiger partial charge is 0.330 e. The van der Waals surface area contributed by atoms with Gasteiger partial charge in [-0.2, -0.15) is 0 Å². The molecule has 1 saturated heterocycles. The van der Waals surface area contributed by atoms with E-state index in [1.54, 1.807) is 0 Å². The number of likely N-dealkylation sites (tertiary alicyclic amines) is 1. The molecule has 4 nitrogen and oxygen atoms in total. The van der Waals surface area contributed by atoms with Crippen molar-refractivity contribution in [1.82, 2.24) is 4.90 Å². The van der Waals surface area contributed by atoms with Gasteiger partial charge in [-0.05, 0) is 18.3 Å². The third-order valence-corrected chi connectivity index (χ3v) is 2.40. The summed E-state index contributed by atoms with van der Waals surface area (Å²) in [6.07, 6.45) is -1.39. The second kappa shape index (κ2) is 1.71. The lowest BCUT2D eigenvalue weighted by atomic mass is 10.4. The number of aliphatic hydroxyl groups is 3. The first-order valence-electron chi connectivity index (χ1n) is 3.49. The Morgan fingerprint density at radius 2 is 1.60 bits per heavy atom. The molecule has 3 N–H and O–H groups in total. The van der Waals surface area contributed by atoms with Gasteiger partial charge >= 0.3 is 6.10 Å². The normalized spacial score (nSPS) is 39.9. The van der Waals surface area contributed by atoms with Gasteiger partial charge in [-0.3, -0.25) is 0 Å². The summed E-state index contributed by atoms with van der Waals surface area (Å²) in [6.45, 7) is 1.24. The number of fused-ring (bicyclic) bond motifs is 1. The van der Waals surface area contributed by atoms with Gasteiger partial charge in [-0.25, -0.2) is 4.90 Å². The van der Waals surface area contributed by atoms with Crippen LogP contribution in [-0.4, -0.2) is 39.4 Å². The van der Waals surface area contributed by atoms with E-state index in [4.69, 9.17) is 15.3 Å². The lowest BCUT2D eigenvalue weighted by Crippen LogP contribution is -2.48. The van der Waals surface area contributed by atoms with E-state index in [1.165, 1.54) is 11.3 Å². The Bertz CT molecular complexity index is 144. The third kappa shape index (κ3) is 0.932. The Morgan fingerprint density at radius 1 is 1.10 bits per heavy atom. The minimum Gasteiger partial charge on any atom is -0.330 e. The highest BCUT2D eigenvalue weighted by Gasteiger charge is 2.50. The Hall–Kier alpha value is -0.160. The highest BCUT2D eigenvalue weighted by atomic mass is 16.7. The molecule has 1 heterocycles. The molecule has 0 aromatic rings. The number of nitrogens with zero attached hydrogens (tertiary/aromatic N) is 1. The summed E-state index contributed by atoms with van der Waals surface area (Å²) in [5, 5.41) is 26.1. The Balaban J connectivity index is 1.97. The molecule has 2 aliphatic rings. The molecule has 0 radical (unpaired) electrons. The van der Waals surface area contributed by atoms with Crippen molar-refractivity contribution in [3.05, 3.63) is 0 Å². The monoisotopic (exact) mass is 145 g/mol. The highest BCUT2D eigenvalue weighted by molar-refractivity contribution is 4.97. The summed E-state index contributed by atoms with van der Waals surface area (Å²) >= 11 is 0. The van der Waals surface area contributed by atoms with Crippen LogP contribution in [0.25, 0.3) is 0 Å². The SMILES string of the molecule is OC(O)(O)N1CC2CC2C1. The zero-order valence-electron chi connectivity index (χ0n) is 5.56. The molecule has 0 aromatic carbocycles. The van der Waals surface area contributed by atoms with Gasteiger partial charge < -0.3 is 15.3 Å². The fourth-order valence-corrected chi connectivity index (χ4v) is 1.64. The molecule has 1 aliphatic carbocycles. The van der Waals surface area contributed by atoms with Gasteiger partial charge in [0.15, 0.2) is 0 Å². The zero-order valence-corrected chi connectivity index (χ0v) is 5.56. The van der Waals surface area contributed by atoms with Crippen molar-refractivity contribution >= 4 is 0 Å². The minimum atomic E-state index is -2.58. The van der Waals surface area contributed by atoms with Crippen LogP contribution in [0, 0.1) is 11.8 Å². The molecule has 58 valence electrons. The second-order valence-electron chi connectivity index (χ2n) is 3.26. The molecule has 2 atom stereocenters. The first kappa shape index (κ1) is 6.54. The molecule has 0 spiro atoms. The van der Waals surface area contributed by atoms with Crippen molar-refractivity contribution < 1.29 is 15.3 Å². The average Bonchev–Trinajstić information content (AvgIpc) is 2.38. The van der Waals surface area contributed by atoms with E-state index in [-0.39, 0.29) is 0 Å². The van der Waals surface area contributed by atoms with Crippen LogP contribution >= 0.6 is 0 Å². The summed E-state index contributed by atoms with van der Waals surface area (Å²) in [4.78, 5) is 1.28. The van der Waals surface area contributed by atoms with Crippen molar-refractivity contribution in [2.24, 2.45) is 11.8 Å².